The first kappa shape index (κ1) is 21.2. The predicted octanol–water partition coefficient (Wildman–Crippen LogP) is 4.38. The Morgan fingerprint density at radius 1 is 1.00 bits per heavy atom. The second kappa shape index (κ2) is 8.29. The standard InChI is InChI=1S/C21H21F2NO4/c1-12(28-19(26)16-10-7-14(22)11-17(16)23)18(25)13-5-8-15(9-6-13)24-20(27)21(2,3)4/h5-12H,1-4H3,(H,24,27)/t12-/m0/s1. The Hall–Kier alpha value is -3.09. The van der Waals surface area contributed by atoms with Crippen LogP contribution < -0.4 is 5.32 Å². The van der Waals surface area contributed by atoms with Crippen LogP contribution in [0.3, 0.4) is 0 Å². The Labute approximate surface area is 161 Å². The molecule has 0 aromatic heterocycles. The lowest BCUT2D eigenvalue weighted by Crippen LogP contribution is -2.27. The molecule has 28 heavy (non-hydrogen) atoms. The van der Waals surface area contributed by atoms with Gasteiger partial charge in [-0.2, -0.15) is 0 Å². The van der Waals surface area contributed by atoms with Crippen LogP contribution in [0.5, 0.6) is 0 Å². The lowest BCUT2D eigenvalue weighted by molar-refractivity contribution is -0.123. The number of benzene rings is 2. The largest absolute Gasteiger partial charge is 0.451 e. The maximum atomic E-state index is 13.6. The molecule has 1 amide bonds. The van der Waals surface area contributed by atoms with E-state index in [1.54, 1.807) is 32.9 Å². The van der Waals surface area contributed by atoms with Crippen molar-refractivity contribution in [2.45, 2.75) is 33.8 Å². The molecule has 1 N–H and O–H groups in total. The molecule has 2 aromatic rings. The minimum Gasteiger partial charge on any atom is -0.451 e. The maximum absolute atomic E-state index is 13.6. The van der Waals surface area contributed by atoms with E-state index in [2.05, 4.69) is 5.32 Å². The van der Waals surface area contributed by atoms with Gasteiger partial charge in [0.15, 0.2) is 6.10 Å². The fourth-order valence-corrected chi connectivity index (χ4v) is 2.20. The molecular formula is C21H21F2NO4. The highest BCUT2D eigenvalue weighted by atomic mass is 19.1. The van der Waals surface area contributed by atoms with Crippen molar-refractivity contribution >= 4 is 23.3 Å². The summed E-state index contributed by atoms with van der Waals surface area (Å²) in [5, 5.41) is 2.73. The molecule has 0 saturated heterocycles. The molecule has 1 atom stereocenters. The van der Waals surface area contributed by atoms with Crippen molar-refractivity contribution in [3.63, 3.8) is 0 Å². The first-order chi connectivity index (χ1) is 13.0. The molecule has 0 aliphatic carbocycles. The number of ether oxygens (including phenoxy) is 1. The van der Waals surface area contributed by atoms with Gasteiger partial charge in [0.2, 0.25) is 11.7 Å². The summed E-state index contributed by atoms with van der Waals surface area (Å²) in [6.07, 6.45) is -1.17. The third kappa shape index (κ3) is 5.22. The van der Waals surface area contributed by atoms with E-state index in [1.165, 1.54) is 19.1 Å². The lowest BCUT2D eigenvalue weighted by Gasteiger charge is -2.18. The summed E-state index contributed by atoms with van der Waals surface area (Å²) in [4.78, 5) is 36.4. The van der Waals surface area contributed by atoms with Gasteiger partial charge in [-0.05, 0) is 43.3 Å². The quantitative estimate of drug-likeness (QED) is 0.609. The van der Waals surface area contributed by atoms with Crippen LogP contribution in [0.15, 0.2) is 42.5 Å². The Morgan fingerprint density at radius 2 is 1.61 bits per heavy atom. The van der Waals surface area contributed by atoms with Gasteiger partial charge in [-0.15, -0.1) is 0 Å². The number of anilines is 1. The smallest absolute Gasteiger partial charge is 0.341 e. The number of ketones is 1. The summed E-state index contributed by atoms with van der Waals surface area (Å²) in [7, 11) is 0. The van der Waals surface area contributed by atoms with Crippen molar-refractivity contribution in [3.8, 4) is 0 Å². The van der Waals surface area contributed by atoms with Crippen LogP contribution in [0, 0.1) is 17.0 Å². The molecule has 0 spiro atoms. The molecule has 2 aromatic carbocycles. The Kier molecular flexibility index (Phi) is 6.28. The van der Waals surface area contributed by atoms with Crippen LogP contribution in [0.2, 0.25) is 0 Å². The third-order valence-corrected chi connectivity index (χ3v) is 3.91. The fraction of sp³-hybridized carbons (Fsp3) is 0.286. The number of nitrogens with one attached hydrogen (secondary N) is 1. The summed E-state index contributed by atoms with van der Waals surface area (Å²) in [5.74, 6) is -3.62. The predicted molar refractivity (Wildman–Crippen MR) is 100 cm³/mol. The molecule has 0 fully saturated rings. The number of hydrogen-bond donors (Lipinski definition) is 1. The van der Waals surface area contributed by atoms with E-state index in [0.29, 0.717) is 11.8 Å². The Morgan fingerprint density at radius 3 is 2.14 bits per heavy atom. The molecule has 0 aliphatic heterocycles. The zero-order valence-electron chi connectivity index (χ0n) is 16.0. The molecule has 0 aliphatic rings. The van der Waals surface area contributed by atoms with E-state index in [9.17, 15) is 23.2 Å². The monoisotopic (exact) mass is 389 g/mol. The minimum atomic E-state index is -1.17. The van der Waals surface area contributed by atoms with Crippen LogP contribution in [-0.4, -0.2) is 23.8 Å². The highest BCUT2D eigenvalue weighted by Gasteiger charge is 2.23. The minimum absolute atomic E-state index is 0.171. The first-order valence-corrected chi connectivity index (χ1v) is 8.61. The van der Waals surface area contributed by atoms with E-state index in [-0.39, 0.29) is 11.5 Å². The van der Waals surface area contributed by atoms with Crippen molar-refractivity contribution in [2.24, 2.45) is 5.41 Å². The molecule has 0 saturated carbocycles. The number of esters is 1. The topological polar surface area (TPSA) is 72.5 Å². The van der Waals surface area contributed by atoms with E-state index in [4.69, 9.17) is 4.74 Å². The van der Waals surface area contributed by atoms with Crippen molar-refractivity contribution in [2.75, 3.05) is 5.32 Å². The van der Waals surface area contributed by atoms with Crippen molar-refractivity contribution in [3.05, 3.63) is 65.2 Å². The zero-order valence-corrected chi connectivity index (χ0v) is 16.0. The van der Waals surface area contributed by atoms with Gasteiger partial charge in [0.25, 0.3) is 0 Å². The molecule has 0 bridgehead atoms. The highest BCUT2D eigenvalue weighted by Crippen LogP contribution is 2.19. The van der Waals surface area contributed by atoms with Crippen LogP contribution in [-0.2, 0) is 9.53 Å². The number of carbonyl (C=O) groups excluding carboxylic acids is 3. The normalized spacial score (nSPS) is 12.2. The fourth-order valence-electron chi connectivity index (χ4n) is 2.20. The molecule has 5 nitrogen and oxygen atoms in total. The van der Waals surface area contributed by atoms with Gasteiger partial charge in [-0.3, -0.25) is 9.59 Å². The van der Waals surface area contributed by atoms with Crippen LogP contribution in [0.4, 0.5) is 14.5 Å². The van der Waals surface area contributed by atoms with Gasteiger partial charge >= 0.3 is 5.97 Å². The summed E-state index contributed by atoms with van der Waals surface area (Å²) >= 11 is 0. The van der Waals surface area contributed by atoms with E-state index >= 15 is 0 Å². The van der Waals surface area contributed by atoms with Gasteiger partial charge < -0.3 is 10.1 Å². The van der Waals surface area contributed by atoms with Gasteiger partial charge in [0.05, 0.1) is 5.56 Å². The van der Waals surface area contributed by atoms with Crippen molar-refractivity contribution in [1.29, 1.82) is 0 Å². The summed E-state index contributed by atoms with van der Waals surface area (Å²) in [6.45, 7) is 6.69. The number of carbonyl (C=O) groups is 3. The van der Waals surface area contributed by atoms with Gasteiger partial charge in [-0.25, -0.2) is 13.6 Å². The number of rotatable bonds is 5. The number of Topliss-reactive ketones (excluding diaryl/α,β-unsaturated/α-hetero) is 1. The Bertz CT molecular complexity index is 902. The number of halogens is 2. The SMILES string of the molecule is C[C@H](OC(=O)c1ccc(F)cc1F)C(=O)c1ccc(NC(=O)C(C)(C)C)cc1. The van der Waals surface area contributed by atoms with Crippen molar-refractivity contribution < 1.29 is 27.9 Å². The van der Waals surface area contributed by atoms with Crippen LogP contribution >= 0.6 is 0 Å². The van der Waals surface area contributed by atoms with Gasteiger partial charge in [-0.1, -0.05) is 20.8 Å². The lowest BCUT2D eigenvalue weighted by atomic mass is 9.95. The summed E-state index contributed by atoms with van der Waals surface area (Å²) in [5.41, 5.74) is -0.239. The molecule has 148 valence electrons. The zero-order chi connectivity index (χ0) is 21.1. The molecule has 0 radical (unpaired) electrons. The highest BCUT2D eigenvalue weighted by molar-refractivity contribution is 6.02. The second-order valence-corrected chi connectivity index (χ2v) is 7.32. The second-order valence-electron chi connectivity index (χ2n) is 7.32. The van der Waals surface area contributed by atoms with E-state index in [1.807, 2.05) is 0 Å². The third-order valence-electron chi connectivity index (χ3n) is 3.91. The van der Waals surface area contributed by atoms with Crippen LogP contribution in [0.1, 0.15) is 48.4 Å². The summed E-state index contributed by atoms with van der Waals surface area (Å²) < 4.78 is 31.6. The van der Waals surface area contributed by atoms with Gasteiger partial charge in [0, 0.05) is 22.7 Å². The maximum Gasteiger partial charge on any atom is 0.341 e. The molecular weight excluding hydrogens is 368 g/mol. The molecule has 0 unspecified atom stereocenters. The number of amides is 1. The first-order valence-electron chi connectivity index (χ1n) is 8.61. The molecule has 0 heterocycles. The van der Waals surface area contributed by atoms with Gasteiger partial charge in [0.1, 0.15) is 11.6 Å². The van der Waals surface area contributed by atoms with Crippen LogP contribution in [0.25, 0.3) is 0 Å². The van der Waals surface area contributed by atoms with E-state index in [0.717, 1.165) is 12.1 Å². The summed E-state index contributed by atoms with van der Waals surface area (Å²) in [6, 6.07) is 8.55. The number of hydrogen-bond acceptors (Lipinski definition) is 4. The molecule has 2 rings (SSSR count). The Balaban J connectivity index is 2.04. The van der Waals surface area contributed by atoms with Crippen molar-refractivity contribution in [1.82, 2.24) is 0 Å². The van der Waals surface area contributed by atoms with E-state index < -0.39 is 40.5 Å². The average molecular weight is 389 g/mol. The average Bonchev–Trinajstić information content (AvgIpc) is 2.60. The molecule has 7 heteroatoms.